The molecule has 1 aliphatic rings. The fraction of sp³-hybridized carbons (Fsp3) is 0.250. The molecule has 0 radical (unpaired) electrons. The van der Waals surface area contributed by atoms with Crippen LogP contribution in [0.4, 0.5) is 17.6 Å². The summed E-state index contributed by atoms with van der Waals surface area (Å²) in [7, 11) is 0. The first-order chi connectivity index (χ1) is 10.2. The van der Waals surface area contributed by atoms with E-state index in [0.29, 0.717) is 4.88 Å². The average molecular weight is 336 g/mol. The summed E-state index contributed by atoms with van der Waals surface area (Å²) in [5, 5.41) is 16.8. The van der Waals surface area contributed by atoms with Crippen molar-refractivity contribution in [3.63, 3.8) is 0 Å². The summed E-state index contributed by atoms with van der Waals surface area (Å²) in [5.41, 5.74) is 0.240. The fourth-order valence-electron chi connectivity index (χ4n) is 1.87. The zero-order valence-electron chi connectivity index (χ0n) is 10.6. The van der Waals surface area contributed by atoms with Gasteiger partial charge in [-0.05, 0) is 12.1 Å². The number of aliphatic hydroxyl groups excluding tert-OH is 1. The molecule has 2 heterocycles. The van der Waals surface area contributed by atoms with Crippen molar-refractivity contribution < 1.29 is 32.1 Å². The molecule has 2 N–H and O–H groups in total. The number of fused-ring (bicyclic) bond motifs is 1. The molecule has 0 saturated carbocycles. The molecule has 1 aromatic heterocycles. The Balaban J connectivity index is 2.05. The van der Waals surface area contributed by atoms with Crippen LogP contribution < -0.4 is 14.3 Å². The Hall–Kier alpha value is -2.07. The highest BCUT2D eigenvalue weighted by Crippen LogP contribution is 2.47. The number of aromatic nitrogens is 1. The molecule has 0 spiro atoms. The summed E-state index contributed by atoms with van der Waals surface area (Å²) in [5.74, 6) is -1.08. The van der Waals surface area contributed by atoms with Crippen LogP contribution in [0, 0.1) is 5.41 Å². The molecule has 118 valence electrons. The van der Waals surface area contributed by atoms with E-state index in [-0.39, 0.29) is 17.1 Å². The smallest absolute Gasteiger partial charge is 0.421 e. The number of rotatable bonds is 2. The molecule has 5 nitrogen and oxygen atoms in total. The first kappa shape index (κ1) is 14.9. The number of aliphatic hydroxyl groups is 1. The van der Waals surface area contributed by atoms with Gasteiger partial charge in [0.05, 0.1) is 17.2 Å². The van der Waals surface area contributed by atoms with Gasteiger partial charge in [-0.15, -0.1) is 0 Å². The van der Waals surface area contributed by atoms with E-state index in [1.54, 1.807) is 0 Å². The van der Waals surface area contributed by atoms with Gasteiger partial charge >= 0.3 is 12.2 Å². The predicted octanol–water partition coefficient (Wildman–Crippen LogP) is 2.47. The third kappa shape index (κ3) is 2.24. The van der Waals surface area contributed by atoms with Crippen LogP contribution in [0.3, 0.4) is 0 Å². The molecule has 1 aliphatic heterocycles. The van der Waals surface area contributed by atoms with Gasteiger partial charge in [-0.2, -0.15) is 17.6 Å². The number of hydrogen-bond donors (Lipinski definition) is 2. The predicted molar refractivity (Wildman–Crippen MR) is 66.6 cm³/mol. The van der Waals surface area contributed by atoms with Gasteiger partial charge in [0.15, 0.2) is 16.3 Å². The number of benzene rings is 1. The number of ether oxygens (including phenoxy) is 2. The molecule has 0 saturated heterocycles. The molecule has 3 rings (SSSR count). The third-order valence-corrected chi connectivity index (χ3v) is 3.78. The van der Waals surface area contributed by atoms with Crippen molar-refractivity contribution in [2.75, 3.05) is 0 Å². The molecule has 0 amide bonds. The standard InChI is InChI=1S/C12H8F4N2O3S/c13-11(14)12(15,16)21-9-3-6(1-2-8(9)20-11)18-4-7(5-19)22-10(18)17/h1-4,17,19H,5H2. The van der Waals surface area contributed by atoms with Gasteiger partial charge in [-0.1, -0.05) is 11.3 Å². The van der Waals surface area contributed by atoms with Gasteiger partial charge in [0, 0.05) is 12.3 Å². The summed E-state index contributed by atoms with van der Waals surface area (Å²) < 4.78 is 61.7. The molecule has 0 bridgehead atoms. The van der Waals surface area contributed by atoms with E-state index < -0.39 is 23.7 Å². The van der Waals surface area contributed by atoms with Gasteiger partial charge in [0.2, 0.25) is 0 Å². The normalized spacial score (nSPS) is 18.2. The first-order valence-electron chi connectivity index (χ1n) is 5.88. The van der Waals surface area contributed by atoms with Crippen LogP contribution in [-0.4, -0.2) is 21.9 Å². The minimum absolute atomic E-state index is 0.0258. The van der Waals surface area contributed by atoms with Crippen LogP contribution in [0.15, 0.2) is 24.4 Å². The zero-order chi connectivity index (χ0) is 16.1. The van der Waals surface area contributed by atoms with Crippen LogP contribution >= 0.6 is 11.3 Å². The molecule has 1 aromatic carbocycles. The highest BCUT2D eigenvalue weighted by Gasteiger charge is 2.65. The van der Waals surface area contributed by atoms with Crippen molar-refractivity contribution in [1.82, 2.24) is 4.57 Å². The highest BCUT2D eigenvalue weighted by molar-refractivity contribution is 7.09. The molecule has 10 heteroatoms. The van der Waals surface area contributed by atoms with E-state index in [4.69, 9.17) is 10.5 Å². The van der Waals surface area contributed by atoms with Crippen molar-refractivity contribution in [3.05, 3.63) is 34.1 Å². The maximum absolute atomic E-state index is 13.2. The number of nitrogens with one attached hydrogen (secondary N) is 1. The monoisotopic (exact) mass is 336 g/mol. The van der Waals surface area contributed by atoms with Crippen molar-refractivity contribution in [2.24, 2.45) is 0 Å². The highest BCUT2D eigenvalue weighted by atomic mass is 32.1. The van der Waals surface area contributed by atoms with Crippen molar-refractivity contribution in [3.8, 4) is 17.2 Å². The average Bonchev–Trinajstić information content (AvgIpc) is 2.80. The first-order valence-corrected chi connectivity index (χ1v) is 6.70. The summed E-state index contributed by atoms with van der Waals surface area (Å²) >= 11 is 0.986. The lowest BCUT2D eigenvalue weighted by atomic mass is 10.2. The van der Waals surface area contributed by atoms with Crippen LogP contribution in [0.5, 0.6) is 11.5 Å². The van der Waals surface area contributed by atoms with Crippen molar-refractivity contribution >= 4 is 11.3 Å². The summed E-state index contributed by atoms with van der Waals surface area (Å²) in [6.45, 7) is -0.279. The molecule has 0 atom stereocenters. The second kappa shape index (κ2) is 4.71. The molecular formula is C12H8F4N2O3S. The topological polar surface area (TPSA) is 67.5 Å². The van der Waals surface area contributed by atoms with Gasteiger partial charge in [-0.25, -0.2) is 0 Å². The summed E-state index contributed by atoms with van der Waals surface area (Å²) in [6.07, 6.45) is -8.12. The third-order valence-electron chi connectivity index (χ3n) is 2.90. The van der Waals surface area contributed by atoms with Gasteiger partial charge in [0.1, 0.15) is 0 Å². The van der Waals surface area contributed by atoms with E-state index in [1.807, 2.05) is 0 Å². The minimum Gasteiger partial charge on any atom is -0.421 e. The molecule has 2 aromatic rings. The SMILES string of the molecule is N=c1sc(CO)cn1-c1ccc2c(c1)OC(F)(F)C(F)(F)O2. The summed E-state index contributed by atoms with van der Waals surface area (Å²) in [6, 6.07) is 3.43. The maximum Gasteiger partial charge on any atom is 0.507 e. The van der Waals surface area contributed by atoms with Crippen LogP contribution in [0.2, 0.25) is 0 Å². The molecule has 0 fully saturated rings. The Morgan fingerprint density at radius 2 is 1.77 bits per heavy atom. The maximum atomic E-state index is 13.2. The van der Waals surface area contributed by atoms with Gasteiger partial charge < -0.3 is 14.6 Å². The lowest BCUT2D eigenvalue weighted by Gasteiger charge is -2.31. The Kier molecular flexibility index (Phi) is 3.18. The quantitative estimate of drug-likeness (QED) is 0.828. The Morgan fingerprint density at radius 1 is 1.14 bits per heavy atom. The van der Waals surface area contributed by atoms with Gasteiger partial charge in [0.25, 0.3) is 0 Å². The number of nitrogens with zero attached hydrogens (tertiary/aromatic N) is 1. The zero-order valence-corrected chi connectivity index (χ0v) is 11.5. The fourth-order valence-corrected chi connectivity index (χ4v) is 2.60. The molecule has 22 heavy (non-hydrogen) atoms. The second-order valence-corrected chi connectivity index (χ2v) is 5.51. The number of hydrogen-bond acceptors (Lipinski definition) is 5. The second-order valence-electron chi connectivity index (χ2n) is 4.40. The van der Waals surface area contributed by atoms with Crippen molar-refractivity contribution in [2.45, 2.75) is 18.8 Å². The van der Waals surface area contributed by atoms with Crippen molar-refractivity contribution in [1.29, 1.82) is 5.41 Å². The minimum atomic E-state index is -4.79. The van der Waals surface area contributed by atoms with E-state index in [9.17, 15) is 17.6 Å². The number of halogens is 4. The van der Waals surface area contributed by atoms with E-state index in [1.165, 1.54) is 16.8 Å². The largest absolute Gasteiger partial charge is 0.507 e. The van der Waals surface area contributed by atoms with E-state index >= 15 is 0 Å². The van der Waals surface area contributed by atoms with Crippen LogP contribution in [0.25, 0.3) is 5.69 Å². The Labute approximate surface area is 124 Å². The molecule has 0 unspecified atom stereocenters. The number of alkyl halides is 4. The summed E-state index contributed by atoms with van der Waals surface area (Å²) in [4.78, 5) is 0.509. The lowest BCUT2D eigenvalue weighted by Crippen LogP contribution is -2.52. The molecular weight excluding hydrogens is 328 g/mol. The van der Waals surface area contributed by atoms with E-state index in [0.717, 1.165) is 23.5 Å². The lowest BCUT2D eigenvalue weighted by molar-refractivity contribution is -0.391. The van der Waals surface area contributed by atoms with Crippen LogP contribution in [0.1, 0.15) is 4.88 Å². The van der Waals surface area contributed by atoms with E-state index in [2.05, 4.69) is 9.47 Å². The molecule has 0 aliphatic carbocycles. The van der Waals surface area contributed by atoms with Crippen LogP contribution in [-0.2, 0) is 6.61 Å². The van der Waals surface area contributed by atoms with Gasteiger partial charge in [-0.3, -0.25) is 9.98 Å². The Bertz CT molecular complexity index is 787. The number of thiazole rings is 1. The Morgan fingerprint density at radius 3 is 2.36 bits per heavy atom.